The van der Waals surface area contributed by atoms with Gasteiger partial charge in [0.1, 0.15) is 0 Å². The molecule has 0 rings (SSSR count). The number of rotatable bonds is 11. The number of carbonyl (C=O) groups is 1. The van der Waals surface area contributed by atoms with Crippen LogP contribution in [0.5, 0.6) is 0 Å². The lowest BCUT2D eigenvalue weighted by molar-refractivity contribution is -0.139. The fourth-order valence-electron chi connectivity index (χ4n) is 1.94. The molecular formula is C16H30O2. The van der Waals surface area contributed by atoms with Crippen molar-refractivity contribution in [3.63, 3.8) is 0 Å². The zero-order chi connectivity index (χ0) is 13.6. The van der Waals surface area contributed by atoms with E-state index >= 15 is 0 Å². The van der Waals surface area contributed by atoms with Crippen molar-refractivity contribution in [1.29, 1.82) is 0 Å². The van der Waals surface area contributed by atoms with E-state index in [0.717, 1.165) is 24.8 Å². The van der Waals surface area contributed by atoms with Crippen LogP contribution in [0.4, 0.5) is 0 Å². The van der Waals surface area contributed by atoms with Crippen molar-refractivity contribution in [2.24, 2.45) is 0 Å². The van der Waals surface area contributed by atoms with Gasteiger partial charge in [0, 0.05) is 5.57 Å². The number of allylic oxidation sites excluding steroid dienone is 1. The number of esters is 1. The summed E-state index contributed by atoms with van der Waals surface area (Å²) in [6.45, 7) is 6.85. The minimum absolute atomic E-state index is 0.120. The second-order valence-corrected chi connectivity index (χ2v) is 4.75. The maximum atomic E-state index is 11.6. The topological polar surface area (TPSA) is 26.3 Å². The predicted molar refractivity (Wildman–Crippen MR) is 77.6 cm³/mol. The Balaban J connectivity index is 3.48. The van der Waals surface area contributed by atoms with Crippen LogP contribution in [-0.2, 0) is 9.53 Å². The van der Waals surface area contributed by atoms with Crippen molar-refractivity contribution in [2.45, 2.75) is 78.6 Å². The normalized spacial score (nSPS) is 11.6. The van der Waals surface area contributed by atoms with E-state index in [-0.39, 0.29) is 5.97 Å². The highest BCUT2D eigenvalue weighted by Gasteiger charge is 2.07. The van der Waals surface area contributed by atoms with E-state index in [9.17, 15) is 4.79 Å². The van der Waals surface area contributed by atoms with Crippen LogP contribution < -0.4 is 0 Å². The third kappa shape index (κ3) is 9.26. The van der Waals surface area contributed by atoms with Crippen LogP contribution in [0.3, 0.4) is 0 Å². The molecule has 0 saturated carbocycles. The zero-order valence-electron chi connectivity index (χ0n) is 12.5. The van der Waals surface area contributed by atoms with Crippen molar-refractivity contribution in [2.75, 3.05) is 6.61 Å². The smallest absolute Gasteiger partial charge is 0.333 e. The monoisotopic (exact) mass is 254 g/mol. The number of hydrogen-bond donors (Lipinski definition) is 0. The molecule has 0 unspecified atom stereocenters. The van der Waals surface area contributed by atoms with Crippen LogP contribution in [0.15, 0.2) is 11.6 Å². The van der Waals surface area contributed by atoms with Crippen LogP contribution in [0, 0.1) is 0 Å². The highest BCUT2D eigenvalue weighted by atomic mass is 16.5. The molecule has 0 radical (unpaired) electrons. The molecule has 0 aliphatic heterocycles. The Morgan fingerprint density at radius 1 is 0.944 bits per heavy atom. The van der Waals surface area contributed by atoms with Gasteiger partial charge in [0.05, 0.1) is 6.61 Å². The van der Waals surface area contributed by atoms with Crippen LogP contribution in [-0.4, -0.2) is 12.6 Å². The average Bonchev–Trinajstić information content (AvgIpc) is 2.38. The van der Waals surface area contributed by atoms with Gasteiger partial charge >= 0.3 is 5.97 Å². The van der Waals surface area contributed by atoms with Crippen LogP contribution in [0.25, 0.3) is 0 Å². The highest BCUT2D eigenvalue weighted by Crippen LogP contribution is 2.09. The van der Waals surface area contributed by atoms with Gasteiger partial charge in [-0.25, -0.2) is 4.79 Å². The molecule has 0 aliphatic carbocycles. The molecular weight excluding hydrogens is 224 g/mol. The van der Waals surface area contributed by atoms with Gasteiger partial charge in [0.2, 0.25) is 0 Å². The summed E-state index contributed by atoms with van der Waals surface area (Å²) < 4.78 is 5.27. The number of ether oxygens (including phenoxy) is 1. The standard InChI is InChI=1S/C16H30O2/c1-4-7-8-9-10-11-12-14-18-16(17)15(6-3)13-5-2/h13H,4-12,14H2,1-3H3. The average molecular weight is 254 g/mol. The lowest BCUT2D eigenvalue weighted by Crippen LogP contribution is -2.08. The minimum atomic E-state index is -0.120. The SMILES string of the molecule is CCC=C(CC)C(=O)OCCCCCCCCC. The molecule has 0 aromatic heterocycles. The van der Waals surface area contributed by atoms with Gasteiger partial charge < -0.3 is 4.74 Å². The number of unbranched alkanes of at least 4 members (excludes halogenated alkanes) is 6. The van der Waals surface area contributed by atoms with Crippen LogP contribution in [0.1, 0.15) is 78.6 Å². The Morgan fingerprint density at radius 3 is 2.11 bits per heavy atom. The Bertz CT molecular complexity index is 231. The summed E-state index contributed by atoms with van der Waals surface area (Å²) in [5, 5.41) is 0. The molecule has 0 N–H and O–H groups in total. The van der Waals surface area contributed by atoms with E-state index in [1.165, 1.54) is 38.5 Å². The van der Waals surface area contributed by atoms with E-state index < -0.39 is 0 Å². The van der Waals surface area contributed by atoms with Crippen LogP contribution >= 0.6 is 0 Å². The molecule has 0 saturated heterocycles. The Labute approximate surface area is 113 Å². The molecule has 2 nitrogen and oxygen atoms in total. The largest absolute Gasteiger partial charge is 0.462 e. The second-order valence-electron chi connectivity index (χ2n) is 4.75. The van der Waals surface area contributed by atoms with Crippen molar-refractivity contribution in [3.05, 3.63) is 11.6 Å². The van der Waals surface area contributed by atoms with E-state index in [1.54, 1.807) is 0 Å². The Hall–Kier alpha value is -0.790. The highest BCUT2D eigenvalue weighted by molar-refractivity contribution is 5.88. The van der Waals surface area contributed by atoms with Gasteiger partial charge in [-0.05, 0) is 19.3 Å². The first-order valence-corrected chi connectivity index (χ1v) is 7.62. The Kier molecular flexibility index (Phi) is 12.1. The lowest BCUT2D eigenvalue weighted by atomic mass is 10.1. The summed E-state index contributed by atoms with van der Waals surface area (Å²) in [6.07, 6.45) is 12.4. The van der Waals surface area contributed by atoms with Gasteiger partial charge in [-0.1, -0.05) is 65.4 Å². The summed E-state index contributed by atoms with van der Waals surface area (Å²) in [6, 6.07) is 0. The van der Waals surface area contributed by atoms with E-state index in [2.05, 4.69) is 6.92 Å². The van der Waals surface area contributed by atoms with Crippen molar-refractivity contribution in [1.82, 2.24) is 0 Å². The molecule has 0 heterocycles. The zero-order valence-corrected chi connectivity index (χ0v) is 12.5. The predicted octanol–water partition coefficient (Wildman–Crippen LogP) is 5.03. The number of hydrogen-bond acceptors (Lipinski definition) is 2. The molecule has 0 aromatic carbocycles. The molecule has 2 heteroatoms. The molecule has 0 spiro atoms. The third-order valence-corrected chi connectivity index (χ3v) is 3.07. The van der Waals surface area contributed by atoms with Gasteiger partial charge in [-0.3, -0.25) is 0 Å². The molecule has 0 fully saturated rings. The van der Waals surface area contributed by atoms with Crippen molar-refractivity contribution >= 4 is 5.97 Å². The van der Waals surface area contributed by atoms with Crippen molar-refractivity contribution in [3.8, 4) is 0 Å². The summed E-state index contributed by atoms with van der Waals surface area (Å²) in [5.41, 5.74) is 0.820. The van der Waals surface area contributed by atoms with E-state index in [0.29, 0.717) is 6.61 Å². The molecule has 18 heavy (non-hydrogen) atoms. The Morgan fingerprint density at radius 2 is 1.56 bits per heavy atom. The first kappa shape index (κ1) is 17.2. The molecule has 0 aromatic rings. The lowest BCUT2D eigenvalue weighted by Gasteiger charge is -2.06. The summed E-state index contributed by atoms with van der Waals surface area (Å²) >= 11 is 0. The maximum Gasteiger partial charge on any atom is 0.333 e. The van der Waals surface area contributed by atoms with Gasteiger partial charge in [-0.2, -0.15) is 0 Å². The summed E-state index contributed by atoms with van der Waals surface area (Å²) in [4.78, 5) is 11.6. The first-order valence-electron chi connectivity index (χ1n) is 7.62. The maximum absolute atomic E-state index is 11.6. The fraction of sp³-hybridized carbons (Fsp3) is 0.812. The third-order valence-electron chi connectivity index (χ3n) is 3.07. The van der Waals surface area contributed by atoms with Gasteiger partial charge in [0.15, 0.2) is 0 Å². The fourth-order valence-corrected chi connectivity index (χ4v) is 1.94. The molecule has 0 amide bonds. The van der Waals surface area contributed by atoms with E-state index in [1.807, 2.05) is 19.9 Å². The quantitative estimate of drug-likeness (QED) is 0.294. The second kappa shape index (κ2) is 12.7. The molecule has 0 aliphatic rings. The molecule has 0 atom stereocenters. The molecule has 0 bridgehead atoms. The number of carbonyl (C=O) groups excluding carboxylic acids is 1. The molecule has 106 valence electrons. The van der Waals surface area contributed by atoms with Crippen LogP contribution in [0.2, 0.25) is 0 Å². The first-order chi connectivity index (χ1) is 8.76. The summed E-state index contributed by atoms with van der Waals surface area (Å²) in [7, 11) is 0. The van der Waals surface area contributed by atoms with Crippen molar-refractivity contribution < 1.29 is 9.53 Å². The van der Waals surface area contributed by atoms with E-state index in [4.69, 9.17) is 4.74 Å². The summed E-state index contributed by atoms with van der Waals surface area (Å²) in [5.74, 6) is -0.120. The van der Waals surface area contributed by atoms with Gasteiger partial charge in [0.25, 0.3) is 0 Å². The van der Waals surface area contributed by atoms with Gasteiger partial charge in [-0.15, -0.1) is 0 Å². The minimum Gasteiger partial charge on any atom is -0.462 e.